The predicted octanol–water partition coefficient (Wildman–Crippen LogP) is 2.27. The fraction of sp³-hybridized carbons (Fsp3) is 0.385. The first kappa shape index (κ1) is 16.7. The summed E-state index contributed by atoms with van der Waals surface area (Å²) in [6.07, 6.45) is 6.35. The molecular weight excluding hydrogens is 362 g/mol. The number of hydrogen-bond acceptors (Lipinski definition) is 4. The number of fused-ring (bicyclic) bond motifs is 1. The van der Waals surface area contributed by atoms with Crippen molar-refractivity contribution in [2.75, 3.05) is 10.0 Å². The number of sulfonamides is 1. The van der Waals surface area contributed by atoms with E-state index in [0.717, 1.165) is 19.3 Å². The van der Waals surface area contributed by atoms with Crippen molar-refractivity contribution in [3.63, 3.8) is 0 Å². The van der Waals surface area contributed by atoms with Crippen LogP contribution < -0.4 is 14.8 Å². The summed E-state index contributed by atoms with van der Waals surface area (Å²) in [6, 6.07) is 2.70. The summed E-state index contributed by atoms with van der Waals surface area (Å²) in [4.78, 5) is -0.00236. The number of halogens is 1. The molecule has 0 aromatic heterocycles. The summed E-state index contributed by atoms with van der Waals surface area (Å²) < 4.78 is 49.6. The van der Waals surface area contributed by atoms with E-state index < -0.39 is 27.5 Å². The van der Waals surface area contributed by atoms with Gasteiger partial charge in [0.05, 0.1) is 22.6 Å². The van der Waals surface area contributed by atoms with Crippen LogP contribution in [-0.4, -0.2) is 23.3 Å². The van der Waals surface area contributed by atoms with Crippen LogP contribution in [0.25, 0.3) is 0 Å². The molecule has 1 aliphatic carbocycles. The molecule has 0 fully saturated rings. The molecule has 4 N–H and O–H groups in total. The Kier molecular flexibility index (Phi) is 4.65. The lowest BCUT2D eigenvalue weighted by atomic mass is 9.91. The van der Waals surface area contributed by atoms with Gasteiger partial charge in [0.1, 0.15) is 4.90 Å². The van der Waals surface area contributed by atoms with Gasteiger partial charge in [-0.1, -0.05) is 23.8 Å². The second-order valence-electron chi connectivity index (χ2n) is 5.47. The first-order valence-corrected chi connectivity index (χ1v) is 9.98. The summed E-state index contributed by atoms with van der Waals surface area (Å²) in [5.74, 6) is 0.157. The van der Waals surface area contributed by atoms with Crippen molar-refractivity contribution in [3.8, 4) is 0 Å². The fourth-order valence-electron chi connectivity index (χ4n) is 2.82. The highest BCUT2D eigenvalue weighted by Crippen LogP contribution is 2.36. The fourth-order valence-corrected chi connectivity index (χ4v) is 4.84. The number of allylic oxidation sites excluding steroid dienone is 2. The maximum absolute atomic E-state index is 12.5. The van der Waals surface area contributed by atoms with Gasteiger partial charge in [-0.25, -0.2) is 12.6 Å². The molecular formula is C13H16ClN3O4S2. The number of hydrogen-bond donors (Lipinski definition) is 4. The molecule has 0 saturated heterocycles. The molecule has 1 aliphatic heterocycles. The zero-order chi connectivity index (χ0) is 16.6. The molecule has 0 saturated carbocycles. The van der Waals surface area contributed by atoms with E-state index in [9.17, 15) is 12.6 Å². The minimum atomic E-state index is -3.73. The van der Waals surface area contributed by atoms with Crippen LogP contribution in [0.15, 0.2) is 29.2 Å². The van der Waals surface area contributed by atoms with Gasteiger partial charge in [0.25, 0.3) is 11.3 Å². The summed E-state index contributed by atoms with van der Waals surface area (Å²) in [5.41, 5.74) is 0.472. The maximum atomic E-state index is 12.5. The summed E-state index contributed by atoms with van der Waals surface area (Å²) in [6.45, 7) is 0. The summed E-state index contributed by atoms with van der Waals surface area (Å²) in [5, 5.41) is 3.33. The van der Waals surface area contributed by atoms with Crippen molar-refractivity contribution in [2.24, 2.45) is 5.92 Å². The van der Waals surface area contributed by atoms with Gasteiger partial charge in [0.15, 0.2) is 0 Å². The predicted molar refractivity (Wildman–Crippen MR) is 90.1 cm³/mol. The van der Waals surface area contributed by atoms with Crippen LogP contribution in [0.5, 0.6) is 0 Å². The lowest BCUT2D eigenvalue weighted by molar-refractivity contribution is 0.387. The van der Waals surface area contributed by atoms with Crippen molar-refractivity contribution in [3.05, 3.63) is 29.3 Å². The Morgan fingerprint density at radius 2 is 2.13 bits per heavy atom. The lowest BCUT2D eigenvalue weighted by Crippen LogP contribution is -2.49. The Bertz CT molecular complexity index is 782. The normalized spacial score (nSPS) is 26.9. The van der Waals surface area contributed by atoms with Gasteiger partial charge in [-0.3, -0.25) is 9.27 Å². The quantitative estimate of drug-likeness (QED) is 0.477. The summed E-state index contributed by atoms with van der Waals surface area (Å²) >= 11 is 3.72. The zero-order valence-corrected chi connectivity index (χ0v) is 14.3. The maximum Gasteiger partial charge on any atom is 0.259 e. The molecule has 0 spiro atoms. The van der Waals surface area contributed by atoms with E-state index in [0.29, 0.717) is 5.69 Å². The molecule has 2 aliphatic rings. The Labute approximate surface area is 142 Å². The molecule has 0 bridgehead atoms. The van der Waals surface area contributed by atoms with Crippen LogP contribution in [0.1, 0.15) is 19.3 Å². The number of rotatable bonds is 3. The van der Waals surface area contributed by atoms with Gasteiger partial charge in [0.2, 0.25) is 10.0 Å². The topological polar surface area (TPSA) is 108 Å². The molecule has 3 rings (SSSR count). The van der Waals surface area contributed by atoms with E-state index in [-0.39, 0.29) is 21.5 Å². The average Bonchev–Trinajstić information content (AvgIpc) is 2.48. The third-order valence-corrected chi connectivity index (χ3v) is 6.12. The Morgan fingerprint density at radius 3 is 2.78 bits per heavy atom. The van der Waals surface area contributed by atoms with Crippen molar-refractivity contribution < 1.29 is 17.2 Å². The monoisotopic (exact) mass is 377 g/mol. The van der Waals surface area contributed by atoms with Crippen LogP contribution in [0.3, 0.4) is 0 Å². The molecule has 0 amide bonds. The van der Waals surface area contributed by atoms with Crippen LogP contribution >= 0.6 is 11.6 Å². The van der Waals surface area contributed by atoms with Crippen molar-refractivity contribution in [1.29, 1.82) is 0 Å². The van der Waals surface area contributed by atoms with Gasteiger partial charge in [-0.2, -0.15) is 4.72 Å². The van der Waals surface area contributed by atoms with Crippen LogP contribution in [0.4, 0.5) is 11.4 Å². The SMILES string of the molecule is O=S(O)Nc1cc2c(cc1Cl)NC(C1CC=CCC1)NS2(=O)=O. The first-order valence-electron chi connectivity index (χ1n) is 7.02. The minimum Gasteiger partial charge on any atom is -0.368 e. The van der Waals surface area contributed by atoms with Gasteiger partial charge >= 0.3 is 0 Å². The Hall–Kier alpha value is -1.13. The molecule has 23 heavy (non-hydrogen) atoms. The molecule has 0 radical (unpaired) electrons. The molecule has 126 valence electrons. The lowest BCUT2D eigenvalue weighted by Gasteiger charge is -2.34. The largest absolute Gasteiger partial charge is 0.368 e. The number of benzene rings is 1. The highest BCUT2D eigenvalue weighted by molar-refractivity contribution is 7.89. The molecule has 3 unspecified atom stereocenters. The second kappa shape index (κ2) is 6.40. The van der Waals surface area contributed by atoms with E-state index in [1.54, 1.807) is 0 Å². The Balaban J connectivity index is 1.96. The van der Waals surface area contributed by atoms with Crippen LogP contribution in [-0.2, 0) is 21.3 Å². The van der Waals surface area contributed by atoms with Crippen LogP contribution in [0.2, 0.25) is 5.02 Å². The van der Waals surface area contributed by atoms with Crippen molar-refractivity contribution in [2.45, 2.75) is 30.3 Å². The van der Waals surface area contributed by atoms with E-state index >= 15 is 0 Å². The highest BCUT2D eigenvalue weighted by atomic mass is 35.5. The van der Waals surface area contributed by atoms with E-state index in [1.807, 2.05) is 0 Å². The van der Waals surface area contributed by atoms with Gasteiger partial charge < -0.3 is 5.32 Å². The van der Waals surface area contributed by atoms with Crippen molar-refractivity contribution >= 4 is 44.3 Å². The number of nitrogens with one attached hydrogen (secondary N) is 3. The molecule has 1 aromatic rings. The zero-order valence-electron chi connectivity index (χ0n) is 12.0. The second-order valence-corrected chi connectivity index (χ2v) is 8.26. The first-order chi connectivity index (χ1) is 10.9. The smallest absolute Gasteiger partial charge is 0.259 e. The molecule has 7 nitrogen and oxygen atoms in total. The molecule has 3 atom stereocenters. The van der Waals surface area contributed by atoms with E-state index in [4.69, 9.17) is 16.2 Å². The molecule has 1 aromatic carbocycles. The average molecular weight is 378 g/mol. The molecule has 1 heterocycles. The van der Waals surface area contributed by atoms with E-state index in [2.05, 4.69) is 26.9 Å². The molecule has 10 heteroatoms. The third-order valence-electron chi connectivity index (χ3n) is 3.93. The van der Waals surface area contributed by atoms with E-state index in [1.165, 1.54) is 12.1 Å². The summed E-state index contributed by atoms with van der Waals surface area (Å²) in [7, 11) is -3.73. The van der Waals surface area contributed by atoms with Gasteiger partial charge in [-0.05, 0) is 37.3 Å². The minimum absolute atomic E-state index is 0.00236. The van der Waals surface area contributed by atoms with Gasteiger partial charge in [0, 0.05) is 0 Å². The standard InChI is InChI=1S/C13H16ClN3O4S2/c14-9-6-11-12(7-10(9)16-22(18)19)23(20,21)17-13(15-11)8-4-2-1-3-5-8/h1-2,6-8,13,15-17H,3-5H2,(H,18,19). The van der Waals surface area contributed by atoms with Crippen LogP contribution in [0, 0.1) is 5.92 Å². The third kappa shape index (κ3) is 3.53. The van der Waals surface area contributed by atoms with Crippen molar-refractivity contribution in [1.82, 2.24) is 4.72 Å². The number of anilines is 2. The highest BCUT2D eigenvalue weighted by Gasteiger charge is 2.34. The Morgan fingerprint density at radius 1 is 1.35 bits per heavy atom. The van der Waals surface area contributed by atoms with Gasteiger partial charge in [-0.15, -0.1) is 0 Å².